The maximum Gasteiger partial charge on any atom is 0.239 e. The number of primary amides is 1. The highest BCUT2D eigenvalue weighted by molar-refractivity contribution is 5.87. The molecule has 4 N–H and O–H groups in total. The summed E-state index contributed by atoms with van der Waals surface area (Å²) in [7, 11) is 0. The first-order chi connectivity index (χ1) is 15.4. The molecule has 2 rings (SSSR count). The van der Waals surface area contributed by atoms with Crippen LogP contribution in [0.5, 0.6) is 0 Å². The van der Waals surface area contributed by atoms with Gasteiger partial charge in [-0.1, -0.05) is 37.3 Å². The van der Waals surface area contributed by atoms with Crippen molar-refractivity contribution in [3.63, 3.8) is 0 Å². The minimum absolute atomic E-state index is 0.0152. The Morgan fingerprint density at radius 3 is 2.44 bits per heavy atom. The molecule has 0 spiro atoms. The average molecular weight is 449 g/mol. The SMILES string of the molecule is CC(C)n1cc(CCC(=O)NCCCC[C@H](NC(=O)C2CCCCCCC2)C(N)=O)nn1. The van der Waals surface area contributed by atoms with Crippen molar-refractivity contribution in [1.29, 1.82) is 0 Å². The van der Waals surface area contributed by atoms with Gasteiger partial charge in [-0.3, -0.25) is 14.4 Å². The second-order valence-corrected chi connectivity index (χ2v) is 9.13. The summed E-state index contributed by atoms with van der Waals surface area (Å²) in [5.74, 6) is -0.590. The van der Waals surface area contributed by atoms with Crippen LogP contribution in [0.15, 0.2) is 6.20 Å². The van der Waals surface area contributed by atoms with Crippen LogP contribution in [0, 0.1) is 5.92 Å². The van der Waals surface area contributed by atoms with E-state index in [1.807, 2.05) is 20.0 Å². The highest BCUT2D eigenvalue weighted by atomic mass is 16.2. The molecule has 0 aliphatic heterocycles. The summed E-state index contributed by atoms with van der Waals surface area (Å²) in [5, 5.41) is 13.9. The van der Waals surface area contributed by atoms with Crippen molar-refractivity contribution in [1.82, 2.24) is 25.6 Å². The Kier molecular flexibility index (Phi) is 11.2. The van der Waals surface area contributed by atoms with Gasteiger partial charge in [-0.25, -0.2) is 4.68 Å². The molecule has 180 valence electrons. The lowest BCUT2D eigenvalue weighted by Gasteiger charge is -2.22. The molecule has 0 unspecified atom stereocenters. The summed E-state index contributed by atoms with van der Waals surface area (Å²) >= 11 is 0. The van der Waals surface area contributed by atoms with Crippen molar-refractivity contribution in [3.05, 3.63) is 11.9 Å². The molecule has 1 aliphatic rings. The fourth-order valence-electron chi connectivity index (χ4n) is 4.01. The number of carbonyl (C=O) groups is 3. The van der Waals surface area contributed by atoms with Gasteiger partial charge in [0, 0.05) is 37.5 Å². The number of nitrogens with zero attached hydrogens (tertiary/aromatic N) is 3. The normalized spacial score (nSPS) is 16.2. The molecule has 9 heteroatoms. The highest BCUT2D eigenvalue weighted by Crippen LogP contribution is 2.22. The minimum Gasteiger partial charge on any atom is -0.368 e. The van der Waals surface area contributed by atoms with Gasteiger partial charge in [0.15, 0.2) is 0 Å². The van der Waals surface area contributed by atoms with Crippen LogP contribution >= 0.6 is 0 Å². The van der Waals surface area contributed by atoms with Crippen LogP contribution in [0.1, 0.15) is 96.2 Å². The lowest BCUT2D eigenvalue weighted by molar-refractivity contribution is -0.130. The van der Waals surface area contributed by atoms with Gasteiger partial charge in [0.05, 0.1) is 5.69 Å². The van der Waals surface area contributed by atoms with Gasteiger partial charge in [-0.05, 0) is 46.0 Å². The third-order valence-corrected chi connectivity index (χ3v) is 6.07. The summed E-state index contributed by atoms with van der Waals surface area (Å²) in [6, 6.07) is -0.400. The Labute approximate surface area is 191 Å². The standard InChI is InChI=1S/C23H40N6O3/c1-17(2)29-16-19(27-28-29)13-14-21(30)25-15-9-8-12-20(22(24)31)26-23(32)18-10-6-4-3-5-7-11-18/h16-18,20H,3-15H2,1-2H3,(H2,24,31)(H,25,30)(H,26,32)/t20-/m0/s1. The molecule has 9 nitrogen and oxygen atoms in total. The van der Waals surface area contributed by atoms with Crippen molar-refractivity contribution in [2.45, 2.75) is 103 Å². The molecule has 0 aromatic carbocycles. The monoisotopic (exact) mass is 448 g/mol. The van der Waals surface area contributed by atoms with E-state index in [2.05, 4.69) is 20.9 Å². The quantitative estimate of drug-likeness (QED) is 0.422. The number of nitrogens with one attached hydrogen (secondary N) is 2. The Bertz CT molecular complexity index is 725. The molecule has 1 saturated carbocycles. The van der Waals surface area contributed by atoms with Crippen LogP contribution in [0.3, 0.4) is 0 Å². The number of hydrogen-bond donors (Lipinski definition) is 3. The fourth-order valence-corrected chi connectivity index (χ4v) is 4.01. The van der Waals surface area contributed by atoms with Crippen molar-refractivity contribution < 1.29 is 14.4 Å². The second-order valence-electron chi connectivity index (χ2n) is 9.13. The fraction of sp³-hybridized carbons (Fsp3) is 0.783. The zero-order valence-electron chi connectivity index (χ0n) is 19.6. The van der Waals surface area contributed by atoms with E-state index in [0.717, 1.165) is 37.8 Å². The number of aryl methyl sites for hydroxylation is 1. The predicted molar refractivity (Wildman–Crippen MR) is 123 cm³/mol. The average Bonchev–Trinajstić information content (AvgIpc) is 3.20. The Balaban J connectivity index is 1.62. The molecule has 32 heavy (non-hydrogen) atoms. The first kappa shape index (κ1) is 25.8. The van der Waals surface area contributed by atoms with E-state index in [0.29, 0.717) is 32.2 Å². The molecule has 1 aromatic rings. The molecule has 0 bridgehead atoms. The number of amides is 3. The van der Waals surface area contributed by atoms with Crippen molar-refractivity contribution in [2.75, 3.05) is 6.54 Å². The first-order valence-corrected chi connectivity index (χ1v) is 12.1. The Morgan fingerprint density at radius 2 is 1.81 bits per heavy atom. The van der Waals surface area contributed by atoms with Gasteiger partial charge >= 0.3 is 0 Å². The van der Waals surface area contributed by atoms with E-state index in [4.69, 9.17) is 5.73 Å². The molecule has 1 atom stereocenters. The van der Waals surface area contributed by atoms with Crippen LogP contribution < -0.4 is 16.4 Å². The summed E-state index contributed by atoms with van der Waals surface area (Å²) in [6.07, 6.45) is 12.2. The van der Waals surface area contributed by atoms with Gasteiger partial charge in [-0.2, -0.15) is 0 Å². The van der Waals surface area contributed by atoms with Crippen LogP contribution in [0.4, 0.5) is 0 Å². The van der Waals surface area contributed by atoms with E-state index in [9.17, 15) is 14.4 Å². The topological polar surface area (TPSA) is 132 Å². The first-order valence-electron chi connectivity index (χ1n) is 12.1. The summed E-state index contributed by atoms with van der Waals surface area (Å²) < 4.78 is 1.78. The number of carbonyl (C=O) groups excluding carboxylic acids is 3. The van der Waals surface area contributed by atoms with E-state index in [1.165, 1.54) is 19.3 Å². The molecular formula is C23H40N6O3. The minimum atomic E-state index is -0.646. The zero-order chi connectivity index (χ0) is 23.3. The Hall–Kier alpha value is -2.45. The van der Waals surface area contributed by atoms with Crippen LogP contribution in [0.25, 0.3) is 0 Å². The van der Waals surface area contributed by atoms with E-state index >= 15 is 0 Å². The van der Waals surface area contributed by atoms with E-state index in [1.54, 1.807) is 4.68 Å². The lowest BCUT2D eigenvalue weighted by atomic mass is 9.90. The van der Waals surface area contributed by atoms with Gasteiger partial charge < -0.3 is 16.4 Å². The van der Waals surface area contributed by atoms with Crippen LogP contribution in [-0.4, -0.2) is 45.3 Å². The van der Waals surface area contributed by atoms with Crippen molar-refractivity contribution >= 4 is 17.7 Å². The number of unbranched alkanes of at least 4 members (excludes halogenated alkanes) is 1. The maximum atomic E-state index is 12.6. The molecule has 0 radical (unpaired) electrons. The smallest absolute Gasteiger partial charge is 0.239 e. The van der Waals surface area contributed by atoms with Gasteiger partial charge in [0.1, 0.15) is 6.04 Å². The van der Waals surface area contributed by atoms with Gasteiger partial charge in [-0.15, -0.1) is 5.10 Å². The maximum absolute atomic E-state index is 12.6. The van der Waals surface area contributed by atoms with Crippen molar-refractivity contribution in [2.24, 2.45) is 11.7 Å². The summed E-state index contributed by atoms with van der Waals surface area (Å²) in [5.41, 5.74) is 6.32. The van der Waals surface area contributed by atoms with E-state index in [-0.39, 0.29) is 23.8 Å². The third-order valence-electron chi connectivity index (χ3n) is 6.07. The lowest BCUT2D eigenvalue weighted by Crippen LogP contribution is -2.46. The molecule has 1 aromatic heterocycles. The molecule has 0 saturated heterocycles. The molecular weight excluding hydrogens is 408 g/mol. The number of nitrogens with two attached hydrogens (primary N) is 1. The largest absolute Gasteiger partial charge is 0.368 e. The van der Waals surface area contributed by atoms with Crippen molar-refractivity contribution in [3.8, 4) is 0 Å². The van der Waals surface area contributed by atoms with Gasteiger partial charge in [0.2, 0.25) is 17.7 Å². The zero-order valence-corrected chi connectivity index (χ0v) is 19.6. The molecule has 1 heterocycles. The highest BCUT2D eigenvalue weighted by Gasteiger charge is 2.24. The second kappa shape index (κ2) is 13.9. The number of aromatic nitrogens is 3. The van der Waals surface area contributed by atoms with Crippen LogP contribution in [0.2, 0.25) is 0 Å². The Morgan fingerprint density at radius 1 is 1.12 bits per heavy atom. The summed E-state index contributed by atoms with van der Waals surface area (Å²) in [4.78, 5) is 36.4. The van der Waals surface area contributed by atoms with Crippen LogP contribution in [-0.2, 0) is 20.8 Å². The van der Waals surface area contributed by atoms with E-state index < -0.39 is 11.9 Å². The molecule has 3 amide bonds. The molecule has 1 fully saturated rings. The third kappa shape index (κ3) is 9.36. The number of rotatable bonds is 12. The van der Waals surface area contributed by atoms with Gasteiger partial charge in [0.25, 0.3) is 0 Å². The number of hydrogen-bond acceptors (Lipinski definition) is 5. The molecule has 1 aliphatic carbocycles. The summed E-state index contributed by atoms with van der Waals surface area (Å²) in [6.45, 7) is 4.58. The predicted octanol–water partition coefficient (Wildman–Crippen LogP) is 2.41.